The maximum absolute atomic E-state index is 14.6. The van der Waals surface area contributed by atoms with Crippen molar-refractivity contribution in [2.45, 2.75) is 38.6 Å². The maximum atomic E-state index is 14.6. The number of aromatic nitrogens is 4. The molecule has 1 amide bonds. The van der Waals surface area contributed by atoms with Crippen LogP contribution in [0.3, 0.4) is 0 Å². The number of amides is 1. The van der Waals surface area contributed by atoms with E-state index in [4.69, 9.17) is 16.3 Å². The van der Waals surface area contributed by atoms with Crippen molar-refractivity contribution in [2.75, 3.05) is 13.1 Å². The average Bonchev–Trinajstić information content (AvgIpc) is 2.97. The van der Waals surface area contributed by atoms with Gasteiger partial charge in [-0.05, 0) is 32.4 Å². The molecule has 0 N–H and O–H groups in total. The van der Waals surface area contributed by atoms with Crippen LogP contribution in [0.2, 0.25) is 5.28 Å². The van der Waals surface area contributed by atoms with Crippen molar-refractivity contribution in [2.24, 2.45) is 7.05 Å². The predicted octanol–water partition coefficient (Wildman–Crippen LogP) is 1.91. The van der Waals surface area contributed by atoms with Gasteiger partial charge in [0, 0.05) is 13.6 Å². The molecule has 136 valence electrons. The van der Waals surface area contributed by atoms with Crippen LogP contribution in [-0.2, 0) is 11.8 Å². The second-order valence-corrected chi connectivity index (χ2v) is 7.37. The van der Waals surface area contributed by atoms with Crippen molar-refractivity contribution in [3.63, 3.8) is 0 Å². The summed E-state index contributed by atoms with van der Waals surface area (Å²) in [6.45, 7) is 5.07. The molecule has 0 unspecified atom stereocenters. The molecule has 25 heavy (non-hydrogen) atoms. The lowest BCUT2D eigenvalue weighted by molar-refractivity contribution is 0.0281. The quantitative estimate of drug-likeness (QED) is 0.715. The molecule has 2 aromatic rings. The lowest BCUT2D eigenvalue weighted by Crippen LogP contribution is -2.36. The second kappa shape index (κ2) is 5.98. The number of alkyl halides is 1. The molecule has 3 rings (SSSR count). The summed E-state index contributed by atoms with van der Waals surface area (Å²) in [5.41, 5.74) is -0.438. The highest BCUT2D eigenvalue weighted by Gasteiger charge is 2.40. The Morgan fingerprint density at radius 3 is 2.72 bits per heavy atom. The first-order valence-electron chi connectivity index (χ1n) is 7.80. The van der Waals surface area contributed by atoms with Crippen LogP contribution in [0.4, 0.5) is 9.18 Å². The third-order valence-corrected chi connectivity index (χ3v) is 4.19. The Balaban J connectivity index is 1.97. The van der Waals surface area contributed by atoms with Gasteiger partial charge in [-0.3, -0.25) is 9.13 Å². The van der Waals surface area contributed by atoms with Gasteiger partial charge < -0.3 is 9.64 Å². The first-order chi connectivity index (χ1) is 11.6. The third-order valence-electron chi connectivity index (χ3n) is 4.01. The SMILES string of the molecule is Cn1c(=O)n([C@@H]2CN(C(=O)OC(C)(C)C)C[C@H]2F)c2nc(Cl)ncc21. The van der Waals surface area contributed by atoms with Gasteiger partial charge in [0.15, 0.2) is 5.65 Å². The van der Waals surface area contributed by atoms with Gasteiger partial charge in [0.2, 0.25) is 5.28 Å². The smallest absolute Gasteiger partial charge is 0.410 e. The minimum atomic E-state index is -1.43. The third kappa shape index (κ3) is 3.20. The zero-order valence-corrected chi connectivity index (χ0v) is 15.1. The number of ether oxygens (including phenoxy) is 1. The van der Waals surface area contributed by atoms with E-state index in [0.29, 0.717) is 5.52 Å². The normalized spacial score (nSPS) is 21.1. The van der Waals surface area contributed by atoms with Crippen molar-refractivity contribution in [1.29, 1.82) is 0 Å². The average molecular weight is 372 g/mol. The van der Waals surface area contributed by atoms with Crippen molar-refractivity contribution in [3.8, 4) is 0 Å². The summed E-state index contributed by atoms with van der Waals surface area (Å²) >= 11 is 5.82. The summed E-state index contributed by atoms with van der Waals surface area (Å²) in [6, 6.07) is -0.866. The van der Waals surface area contributed by atoms with E-state index >= 15 is 0 Å². The summed E-state index contributed by atoms with van der Waals surface area (Å²) < 4.78 is 22.5. The molecule has 1 saturated heterocycles. The van der Waals surface area contributed by atoms with Crippen LogP contribution in [0.15, 0.2) is 11.0 Å². The van der Waals surface area contributed by atoms with Gasteiger partial charge in [-0.2, -0.15) is 4.98 Å². The van der Waals surface area contributed by atoms with Crippen LogP contribution in [0.5, 0.6) is 0 Å². The molecule has 8 nitrogen and oxygen atoms in total. The molecule has 3 heterocycles. The highest BCUT2D eigenvalue weighted by molar-refractivity contribution is 6.28. The van der Waals surface area contributed by atoms with E-state index in [2.05, 4.69) is 9.97 Å². The van der Waals surface area contributed by atoms with Gasteiger partial charge in [-0.25, -0.2) is 19.0 Å². The highest BCUT2D eigenvalue weighted by atomic mass is 35.5. The minimum Gasteiger partial charge on any atom is -0.444 e. The Bertz CT molecular complexity index is 888. The van der Waals surface area contributed by atoms with E-state index in [1.807, 2.05) is 0 Å². The Labute approximate surface area is 148 Å². The van der Waals surface area contributed by atoms with Crippen molar-refractivity contribution in [1.82, 2.24) is 24.0 Å². The first kappa shape index (κ1) is 17.7. The molecular weight excluding hydrogens is 353 g/mol. The summed E-state index contributed by atoms with van der Waals surface area (Å²) in [6.07, 6.45) is -0.626. The summed E-state index contributed by atoms with van der Waals surface area (Å²) in [5, 5.41) is -0.0377. The van der Waals surface area contributed by atoms with E-state index in [1.54, 1.807) is 27.8 Å². The molecule has 1 aliphatic heterocycles. The van der Waals surface area contributed by atoms with E-state index in [-0.39, 0.29) is 24.0 Å². The Morgan fingerprint density at radius 1 is 1.40 bits per heavy atom. The molecule has 0 bridgehead atoms. The molecule has 0 aliphatic carbocycles. The molecule has 0 saturated carbocycles. The fraction of sp³-hybridized carbons (Fsp3) is 0.600. The van der Waals surface area contributed by atoms with Crippen molar-refractivity contribution < 1.29 is 13.9 Å². The lowest BCUT2D eigenvalue weighted by Gasteiger charge is -2.24. The van der Waals surface area contributed by atoms with Crippen LogP contribution in [-0.4, -0.2) is 55.0 Å². The molecule has 0 radical (unpaired) electrons. The largest absolute Gasteiger partial charge is 0.444 e. The maximum Gasteiger partial charge on any atom is 0.410 e. The summed E-state index contributed by atoms with van der Waals surface area (Å²) in [7, 11) is 1.55. The Kier molecular flexibility index (Phi) is 4.22. The van der Waals surface area contributed by atoms with E-state index in [0.717, 1.165) is 0 Å². The number of hydrogen-bond acceptors (Lipinski definition) is 5. The van der Waals surface area contributed by atoms with Crippen molar-refractivity contribution in [3.05, 3.63) is 22.0 Å². The number of nitrogens with zero attached hydrogens (tertiary/aromatic N) is 5. The van der Waals surface area contributed by atoms with Crippen LogP contribution < -0.4 is 5.69 Å². The minimum absolute atomic E-state index is 0.0106. The highest BCUT2D eigenvalue weighted by Crippen LogP contribution is 2.28. The molecular formula is C15H19ClFN5O3. The molecule has 0 spiro atoms. The molecule has 2 atom stereocenters. The lowest BCUT2D eigenvalue weighted by atomic mass is 10.2. The fourth-order valence-electron chi connectivity index (χ4n) is 2.88. The van der Waals surface area contributed by atoms with E-state index in [9.17, 15) is 14.0 Å². The number of imidazole rings is 1. The Hall–Kier alpha value is -2.16. The van der Waals surface area contributed by atoms with E-state index in [1.165, 1.54) is 20.2 Å². The number of aryl methyl sites for hydroxylation is 1. The van der Waals surface area contributed by atoms with Gasteiger partial charge in [-0.15, -0.1) is 0 Å². The topological polar surface area (TPSA) is 82.2 Å². The van der Waals surface area contributed by atoms with Gasteiger partial charge in [0.05, 0.1) is 18.8 Å². The number of fused-ring (bicyclic) bond motifs is 1. The monoisotopic (exact) mass is 371 g/mol. The number of hydrogen-bond donors (Lipinski definition) is 0. The number of carbonyl (C=O) groups excluding carboxylic acids is 1. The molecule has 1 fully saturated rings. The van der Waals surface area contributed by atoms with Crippen LogP contribution in [0.25, 0.3) is 11.2 Å². The van der Waals surface area contributed by atoms with Gasteiger partial charge >= 0.3 is 11.8 Å². The first-order valence-corrected chi connectivity index (χ1v) is 8.18. The van der Waals surface area contributed by atoms with Gasteiger partial charge in [0.1, 0.15) is 17.3 Å². The number of likely N-dealkylation sites (tertiary alicyclic amines) is 1. The summed E-state index contributed by atoms with van der Waals surface area (Å²) in [4.78, 5) is 33.9. The predicted molar refractivity (Wildman–Crippen MR) is 89.5 cm³/mol. The van der Waals surface area contributed by atoms with E-state index < -0.39 is 29.6 Å². The second-order valence-electron chi connectivity index (χ2n) is 7.03. The summed E-state index contributed by atoms with van der Waals surface area (Å²) in [5.74, 6) is 0. The molecule has 0 aromatic carbocycles. The van der Waals surface area contributed by atoms with Crippen LogP contribution in [0.1, 0.15) is 26.8 Å². The van der Waals surface area contributed by atoms with Gasteiger partial charge in [0.25, 0.3) is 0 Å². The molecule has 1 aliphatic rings. The fourth-order valence-corrected chi connectivity index (χ4v) is 3.01. The van der Waals surface area contributed by atoms with Gasteiger partial charge in [-0.1, -0.05) is 0 Å². The zero-order valence-electron chi connectivity index (χ0n) is 14.4. The zero-order chi connectivity index (χ0) is 18.5. The number of rotatable bonds is 1. The van der Waals surface area contributed by atoms with Crippen LogP contribution in [0, 0.1) is 0 Å². The number of carbonyl (C=O) groups is 1. The number of halogens is 2. The van der Waals surface area contributed by atoms with Crippen LogP contribution >= 0.6 is 11.6 Å². The molecule has 10 heteroatoms. The standard InChI is InChI=1S/C15H19ClFN5O3/c1-15(2,3)25-14(24)21-6-8(17)10(7-21)22-11-9(20(4)13(22)23)5-18-12(16)19-11/h5,8,10H,6-7H2,1-4H3/t8-,10-/m1/s1. The Morgan fingerprint density at radius 2 is 2.08 bits per heavy atom. The van der Waals surface area contributed by atoms with Crippen molar-refractivity contribution >= 4 is 28.9 Å². The molecule has 2 aromatic heterocycles.